The minimum absolute atomic E-state index is 0.387. The minimum atomic E-state index is 0.387. The zero-order valence-electron chi connectivity index (χ0n) is 8.59. The number of hydrogen-bond acceptors (Lipinski definition) is 2. The maximum atomic E-state index is 5.86. The first-order valence-electron chi connectivity index (χ1n) is 5.11. The van der Waals surface area contributed by atoms with Gasteiger partial charge in [0.05, 0.1) is 0 Å². The van der Waals surface area contributed by atoms with Gasteiger partial charge in [-0.25, -0.2) is 0 Å². The Balaban J connectivity index is 2.09. The Morgan fingerprint density at radius 2 is 2.00 bits per heavy atom. The maximum absolute atomic E-state index is 5.86. The van der Waals surface area contributed by atoms with Crippen molar-refractivity contribution in [2.24, 2.45) is 17.6 Å². The third-order valence-electron chi connectivity index (χ3n) is 2.95. The van der Waals surface area contributed by atoms with Crippen LogP contribution in [0.5, 0.6) is 0 Å². The van der Waals surface area contributed by atoms with Crippen LogP contribution in [0.25, 0.3) is 0 Å². The maximum Gasteiger partial charge on any atom is 0.0165 e. The quantitative estimate of drug-likeness (QED) is 0.689. The Hall–Kier alpha value is -0.0800. The highest BCUT2D eigenvalue weighted by molar-refractivity contribution is 4.83. The fourth-order valence-corrected chi connectivity index (χ4v) is 1.64. The molecule has 0 amide bonds. The van der Waals surface area contributed by atoms with E-state index in [0.29, 0.717) is 6.04 Å². The van der Waals surface area contributed by atoms with Gasteiger partial charge in [0, 0.05) is 25.7 Å². The lowest BCUT2D eigenvalue weighted by Crippen LogP contribution is -2.52. The van der Waals surface area contributed by atoms with Gasteiger partial charge in [0.25, 0.3) is 0 Å². The van der Waals surface area contributed by atoms with Crippen LogP contribution in [0, 0.1) is 11.8 Å². The fourth-order valence-electron chi connectivity index (χ4n) is 1.64. The van der Waals surface area contributed by atoms with E-state index in [9.17, 15) is 0 Å². The molecule has 1 saturated heterocycles. The number of rotatable bonds is 4. The fraction of sp³-hybridized carbons (Fsp3) is 1.00. The topological polar surface area (TPSA) is 29.3 Å². The van der Waals surface area contributed by atoms with Crippen LogP contribution in [-0.4, -0.2) is 30.6 Å². The van der Waals surface area contributed by atoms with Gasteiger partial charge in [-0.1, -0.05) is 20.8 Å². The van der Waals surface area contributed by atoms with E-state index in [4.69, 9.17) is 5.73 Å². The highest BCUT2D eigenvalue weighted by Gasteiger charge is 2.29. The van der Waals surface area contributed by atoms with Gasteiger partial charge in [-0.2, -0.15) is 0 Å². The van der Waals surface area contributed by atoms with E-state index in [2.05, 4.69) is 25.7 Å². The van der Waals surface area contributed by atoms with Crippen molar-refractivity contribution in [3.63, 3.8) is 0 Å². The average molecular weight is 170 g/mol. The molecule has 1 aliphatic heterocycles. The van der Waals surface area contributed by atoms with Gasteiger partial charge in [0.15, 0.2) is 0 Å². The third kappa shape index (κ3) is 2.46. The normalized spacial score (nSPS) is 22.8. The third-order valence-corrected chi connectivity index (χ3v) is 2.95. The van der Waals surface area contributed by atoms with E-state index in [1.54, 1.807) is 0 Å². The smallest absolute Gasteiger partial charge is 0.0165 e. The molecular weight excluding hydrogens is 148 g/mol. The summed E-state index contributed by atoms with van der Waals surface area (Å²) in [6.45, 7) is 10.4. The summed E-state index contributed by atoms with van der Waals surface area (Å²) in [7, 11) is 0. The van der Waals surface area contributed by atoms with Crippen molar-refractivity contribution >= 4 is 0 Å². The average Bonchev–Trinajstić information content (AvgIpc) is 1.94. The van der Waals surface area contributed by atoms with Gasteiger partial charge in [-0.05, 0) is 18.3 Å². The second-order valence-corrected chi connectivity index (χ2v) is 4.39. The van der Waals surface area contributed by atoms with E-state index in [0.717, 1.165) is 24.8 Å². The molecule has 2 nitrogen and oxygen atoms in total. The van der Waals surface area contributed by atoms with E-state index < -0.39 is 0 Å². The molecule has 1 aliphatic rings. The van der Waals surface area contributed by atoms with E-state index >= 15 is 0 Å². The molecule has 0 saturated carbocycles. The van der Waals surface area contributed by atoms with Gasteiger partial charge in [-0.3, -0.25) is 0 Å². The molecule has 2 heteroatoms. The van der Waals surface area contributed by atoms with Crippen LogP contribution in [0.4, 0.5) is 0 Å². The summed E-state index contributed by atoms with van der Waals surface area (Å²) in [5, 5.41) is 0. The summed E-state index contributed by atoms with van der Waals surface area (Å²) in [4.78, 5) is 2.47. The molecule has 2 N–H and O–H groups in total. The van der Waals surface area contributed by atoms with Crippen molar-refractivity contribution in [1.82, 2.24) is 4.90 Å². The summed E-state index contributed by atoms with van der Waals surface area (Å²) in [6.07, 6.45) is 1.10. The summed E-state index contributed by atoms with van der Waals surface area (Å²) >= 11 is 0. The lowest BCUT2D eigenvalue weighted by molar-refractivity contribution is 0.0627. The number of likely N-dealkylation sites (tertiary alicyclic amines) is 1. The van der Waals surface area contributed by atoms with Crippen LogP contribution in [0.15, 0.2) is 0 Å². The summed E-state index contributed by atoms with van der Waals surface area (Å²) < 4.78 is 0. The Bertz CT molecular complexity index is 128. The lowest BCUT2D eigenvalue weighted by atomic mass is 9.88. The predicted molar refractivity (Wildman–Crippen MR) is 53.0 cm³/mol. The first-order chi connectivity index (χ1) is 5.63. The summed E-state index contributed by atoms with van der Waals surface area (Å²) in [5.74, 6) is 1.77. The zero-order valence-corrected chi connectivity index (χ0v) is 8.59. The van der Waals surface area contributed by atoms with Crippen LogP contribution >= 0.6 is 0 Å². The number of nitrogens with zero attached hydrogens (tertiary/aromatic N) is 1. The van der Waals surface area contributed by atoms with Gasteiger partial charge >= 0.3 is 0 Å². The minimum Gasteiger partial charge on any atom is -0.327 e. The van der Waals surface area contributed by atoms with E-state index in [-0.39, 0.29) is 0 Å². The van der Waals surface area contributed by atoms with Crippen molar-refractivity contribution in [2.45, 2.75) is 33.2 Å². The first kappa shape index (κ1) is 10.0. The van der Waals surface area contributed by atoms with Crippen LogP contribution in [0.1, 0.15) is 27.2 Å². The summed E-state index contributed by atoms with van der Waals surface area (Å²) in [5.41, 5.74) is 5.86. The van der Waals surface area contributed by atoms with Crippen LogP contribution < -0.4 is 5.73 Å². The van der Waals surface area contributed by atoms with Crippen LogP contribution in [-0.2, 0) is 0 Å². The molecule has 0 bridgehead atoms. The molecule has 1 heterocycles. The van der Waals surface area contributed by atoms with Crippen molar-refractivity contribution < 1.29 is 0 Å². The second kappa shape index (κ2) is 4.24. The molecule has 0 aromatic carbocycles. The first-order valence-corrected chi connectivity index (χ1v) is 5.11. The van der Waals surface area contributed by atoms with Gasteiger partial charge in [-0.15, -0.1) is 0 Å². The van der Waals surface area contributed by atoms with Gasteiger partial charge in [0.1, 0.15) is 0 Å². The highest BCUT2D eigenvalue weighted by atomic mass is 15.2. The largest absolute Gasteiger partial charge is 0.327 e. The molecule has 1 fully saturated rings. The molecule has 72 valence electrons. The zero-order chi connectivity index (χ0) is 9.14. The number of hydrogen-bond donors (Lipinski definition) is 1. The Morgan fingerprint density at radius 1 is 1.42 bits per heavy atom. The molecule has 0 aromatic heterocycles. The molecule has 0 aromatic rings. The summed E-state index contributed by atoms with van der Waals surface area (Å²) in [6, 6.07) is 0.387. The predicted octanol–water partition coefficient (Wildman–Crippen LogP) is 1.31. The Labute approximate surface area is 76.1 Å². The van der Waals surface area contributed by atoms with Gasteiger partial charge < -0.3 is 10.6 Å². The monoisotopic (exact) mass is 170 g/mol. The van der Waals surface area contributed by atoms with Crippen molar-refractivity contribution in [1.29, 1.82) is 0 Å². The highest BCUT2D eigenvalue weighted by Crippen LogP contribution is 2.22. The molecule has 12 heavy (non-hydrogen) atoms. The standard InChI is InChI=1S/C10H22N2/c1-4-10(11)7-12-5-9(6-12)8(2)3/h8-10H,4-7,11H2,1-3H3. The van der Waals surface area contributed by atoms with Crippen LogP contribution in [0.3, 0.4) is 0 Å². The Morgan fingerprint density at radius 3 is 2.42 bits per heavy atom. The van der Waals surface area contributed by atoms with Crippen molar-refractivity contribution in [3.8, 4) is 0 Å². The molecule has 1 atom stereocenters. The molecule has 1 unspecified atom stereocenters. The second-order valence-electron chi connectivity index (χ2n) is 4.39. The van der Waals surface area contributed by atoms with Crippen molar-refractivity contribution in [2.75, 3.05) is 19.6 Å². The Kier molecular flexibility index (Phi) is 3.53. The van der Waals surface area contributed by atoms with Crippen LogP contribution in [0.2, 0.25) is 0 Å². The lowest BCUT2D eigenvalue weighted by Gasteiger charge is -2.42. The molecule has 1 rings (SSSR count). The van der Waals surface area contributed by atoms with Gasteiger partial charge in [0.2, 0.25) is 0 Å². The molecule has 0 spiro atoms. The molecule has 0 radical (unpaired) electrons. The number of nitrogens with two attached hydrogens (primary N) is 1. The molecule has 0 aliphatic carbocycles. The molecular formula is C10H22N2. The van der Waals surface area contributed by atoms with Crippen molar-refractivity contribution in [3.05, 3.63) is 0 Å². The van der Waals surface area contributed by atoms with E-state index in [1.807, 2.05) is 0 Å². The SMILES string of the molecule is CCC(N)CN1CC(C(C)C)C1. The van der Waals surface area contributed by atoms with E-state index in [1.165, 1.54) is 13.1 Å².